The van der Waals surface area contributed by atoms with Crippen molar-refractivity contribution in [1.82, 2.24) is 9.80 Å². The molecule has 98 valence electrons. The molecule has 0 aliphatic carbocycles. The molecule has 1 heterocycles. The molecule has 0 radical (unpaired) electrons. The maximum absolute atomic E-state index is 10.3. The molecule has 0 unspecified atom stereocenters. The van der Waals surface area contributed by atoms with Crippen LogP contribution in [-0.4, -0.2) is 61.6 Å². The van der Waals surface area contributed by atoms with Crippen LogP contribution >= 0.6 is 36.4 Å². The van der Waals surface area contributed by atoms with E-state index in [1.54, 1.807) is 0 Å². The summed E-state index contributed by atoms with van der Waals surface area (Å²) in [5, 5.41) is 0. The summed E-state index contributed by atoms with van der Waals surface area (Å²) in [5.41, 5.74) is -0.705. The average Bonchev–Trinajstić information content (AvgIpc) is 2.15. The van der Waals surface area contributed by atoms with Crippen LogP contribution in [0.2, 0.25) is 0 Å². The third kappa shape index (κ3) is 8.42. The van der Waals surface area contributed by atoms with Gasteiger partial charge in [0.2, 0.25) is 0 Å². The lowest BCUT2D eigenvalue weighted by Gasteiger charge is -2.32. The van der Waals surface area contributed by atoms with Crippen LogP contribution in [-0.2, 0) is 4.74 Å². The highest BCUT2D eigenvalue weighted by Crippen LogP contribution is 2.00. The van der Waals surface area contributed by atoms with Gasteiger partial charge in [0, 0.05) is 44.3 Å². The molecule has 0 saturated carbocycles. The van der Waals surface area contributed by atoms with Gasteiger partial charge < -0.3 is 14.5 Å². The van der Waals surface area contributed by atoms with Crippen molar-refractivity contribution >= 4 is 41.8 Å². The molecule has 16 heavy (non-hydrogen) atoms. The molecule has 7 heteroatoms. The van der Waals surface area contributed by atoms with Crippen LogP contribution in [0.25, 0.3) is 0 Å². The van der Waals surface area contributed by atoms with Crippen molar-refractivity contribution in [3.63, 3.8) is 0 Å². The zero-order valence-corrected chi connectivity index (χ0v) is 11.7. The summed E-state index contributed by atoms with van der Waals surface area (Å²) in [6.45, 7) is 5.86. The zero-order valence-electron chi connectivity index (χ0n) is 9.36. The van der Waals surface area contributed by atoms with Crippen LogP contribution in [0.3, 0.4) is 0 Å². The van der Waals surface area contributed by atoms with Crippen molar-refractivity contribution in [3.05, 3.63) is 0 Å². The van der Waals surface area contributed by atoms with Gasteiger partial charge in [0.25, 0.3) is 0 Å². The Kier molecular flexibility index (Phi) is 12.1. The van der Waals surface area contributed by atoms with E-state index < -0.39 is 5.43 Å². The molecule has 1 fully saturated rings. The number of halogens is 3. The number of hydrogen-bond donors (Lipinski definition) is 0. The maximum atomic E-state index is 10.3. The Labute approximate surface area is 114 Å². The van der Waals surface area contributed by atoms with E-state index in [0.717, 1.165) is 39.1 Å². The molecule has 0 N–H and O–H groups in total. The highest BCUT2D eigenvalue weighted by atomic mass is 35.5. The Hall–Kier alpha value is 0.260. The molecule has 0 atom stereocenters. The number of piperazine rings is 1. The third-order valence-corrected chi connectivity index (χ3v) is 2.54. The summed E-state index contributed by atoms with van der Waals surface area (Å²) in [6.07, 6.45) is 0.863. The Morgan fingerprint density at radius 2 is 1.81 bits per heavy atom. The molecule has 4 nitrogen and oxygen atoms in total. The normalized spacial score (nSPS) is 17.1. The van der Waals surface area contributed by atoms with Gasteiger partial charge in [-0.1, -0.05) is 0 Å². The van der Waals surface area contributed by atoms with Crippen LogP contribution < -0.4 is 0 Å². The summed E-state index contributed by atoms with van der Waals surface area (Å²) >= 11 is 5.04. The highest BCUT2D eigenvalue weighted by Gasteiger charge is 2.12. The molecule has 1 aliphatic rings. The van der Waals surface area contributed by atoms with Crippen molar-refractivity contribution < 1.29 is 9.53 Å². The molecule has 0 aromatic heterocycles. The van der Waals surface area contributed by atoms with E-state index in [-0.39, 0.29) is 24.8 Å². The molecule has 0 amide bonds. The first-order valence-electron chi connectivity index (χ1n) is 4.91. The summed E-state index contributed by atoms with van der Waals surface area (Å²) in [4.78, 5) is 15.0. The lowest BCUT2D eigenvalue weighted by molar-refractivity contribution is 0.134. The lowest BCUT2D eigenvalue weighted by Crippen LogP contribution is -2.44. The molecule has 1 saturated heterocycles. The van der Waals surface area contributed by atoms with Crippen LogP contribution in [0.1, 0.15) is 6.42 Å². The number of carbonyl (C=O) groups excluding carboxylic acids is 1. The van der Waals surface area contributed by atoms with Gasteiger partial charge in [-0.25, -0.2) is 4.79 Å². The van der Waals surface area contributed by atoms with Crippen molar-refractivity contribution in [1.29, 1.82) is 0 Å². The van der Waals surface area contributed by atoms with E-state index in [1.807, 2.05) is 0 Å². The first-order chi connectivity index (χ1) is 6.68. The first-order valence-corrected chi connectivity index (χ1v) is 5.29. The molecule has 1 rings (SSSR count). The Morgan fingerprint density at radius 1 is 1.25 bits per heavy atom. The topological polar surface area (TPSA) is 32.8 Å². The largest absolute Gasteiger partial charge is 0.454 e. The molecule has 1 aliphatic heterocycles. The quantitative estimate of drug-likeness (QED) is 0.585. The lowest BCUT2D eigenvalue weighted by atomic mass is 10.3. The first kappa shape index (κ1) is 18.6. The van der Waals surface area contributed by atoms with Crippen LogP contribution in [0.15, 0.2) is 0 Å². The van der Waals surface area contributed by atoms with Crippen molar-refractivity contribution in [2.75, 3.05) is 46.4 Å². The smallest absolute Gasteiger partial charge is 0.403 e. The van der Waals surface area contributed by atoms with Gasteiger partial charge in [0.15, 0.2) is 0 Å². The maximum Gasteiger partial charge on any atom is 0.403 e. The minimum atomic E-state index is -0.705. The summed E-state index contributed by atoms with van der Waals surface area (Å²) < 4.78 is 4.64. The Balaban J connectivity index is 0. The second kappa shape index (κ2) is 10.4. The van der Waals surface area contributed by atoms with Gasteiger partial charge in [-0.15, -0.1) is 24.8 Å². The fraction of sp³-hybridized carbons (Fsp3) is 0.889. The second-order valence-electron chi connectivity index (χ2n) is 3.58. The zero-order chi connectivity index (χ0) is 10.4. The van der Waals surface area contributed by atoms with E-state index in [4.69, 9.17) is 11.6 Å². The number of likely N-dealkylation sites (N-methyl/N-ethyl adjacent to an activating group) is 1. The molecular formula is C9H19Cl3N2O2. The van der Waals surface area contributed by atoms with E-state index >= 15 is 0 Å². The summed E-state index contributed by atoms with van der Waals surface area (Å²) in [7, 11) is 2.13. The van der Waals surface area contributed by atoms with Gasteiger partial charge in [-0.3, -0.25) is 0 Å². The predicted molar refractivity (Wildman–Crippen MR) is 70.3 cm³/mol. The summed E-state index contributed by atoms with van der Waals surface area (Å²) in [5.74, 6) is 0. The van der Waals surface area contributed by atoms with Gasteiger partial charge in [0.1, 0.15) is 0 Å². The number of hydrogen-bond acceptors (Lipinski definition) is 4. The standard InChI is InChI=1S/C9H17ClN2O2.2ClH/c1-11-4-6-12(7-5-11)3-2-8-14-9(10)13;;/h2-8H2,1H3;2*1H. The number of ether oxygens (including phenoxy) is 1. The Morgan fingerprint density at radius 3 is 2.31 bits per heavy atom. The second-order valence-corrected chi connectivity index (χ2v) is 3.89. The van der Waals surface area contributed by atoms with Gasteiger partial charge in [-0.05, 0) is 13.5 Å². The van der Waals surface area contributed by atoms with Crippen LogP contribution in [0.5, 0.6) is 0 Å². The van der Waals surface area contributed by atoms with Crippen LogP contribution in [0, 0.1) is 0 Å². The van der Waals surface area contributed by atoms with E-state index in [2.05, 4.69) is 21.6 Å². The van der Waals surface area contributed by atoms with Gasteiger partial charge >= 0.3 is 5.43 Å². The van der Waals surface area contributed by atoms with Gasteiger partial charge in [0.05, 0.1) is 6.61 Å². The van der Waals surface area contributed by atoms with Crippen molar-refractivity contribution in [2.45, 2.75) is 6.42 Å². The van der Waals surface area contributed by atoms with E-state index in [9.17, 15) is 4.79 Å². The molecule has 0 bridgehead atoms. The molecule has 0 aromatic carbocycles. The Bertz CT molecular complexity index is 188. The minimum absolute atomic E-state index is 0. The van der Waals surface area contributed by atoms with E-state index in [0.29, 0.717) is 6.61 Å². The molecular weight excluding hydrogens is 274 g/mol. The molecule has 0 aromatic rings. The van der Waals surface area contributed by atoms with Crippen molar-refractivity contribution in [2.24, 2.45) is 0 Å². The van der Waals surface area contributed by atoms with E-state index in [1.165, 1.54) is 0 Å². The minimum Gasteiger partial charge on any atom is -0.454 e. The fourth-order valence-corrected chi connectivity index (χ4v) is 1.59. The summed E-state index contributed by atoms with van der Waals surface area (Å²) in [6, 6.07) is 0. The number of nitrogens with zero attached hydrogens (tertiary/aromatic N) is 2. The highest BCUT2D eigenvalue weighted by molar-refractivity contribution is 6.61. The molecule has 0 spiro atoms. The van der Waals surface area contributed by atoms with Crippen molar-refractivity contribution in [3.8, 4) is 0 Å². The predicted octanol–water partition coefficient (Wildman–Crippen LogP) is 1.84. The number of carbonyl (C=O) groups is 1. The van der Waals surface area contributed by atoms with Gasteiger partial charge in [-0.2, -0.15) is 0 Å². The fourth-order valence-electron chi connectivity index (χ4n) is 1.51. The average molecular weight is 294 g/mol. The van der Waals surface area contributed by atoms with Crippen LogP contribution in [0.4, 0.5) is 4.79 Å². The number of rotatable bonds is 4. The SMILES string of the molecule is CN1CCN(CCCOC(=O)Cl)CC1.Cl.Cl. The monoisotopic (exact) mass is 292 g/mol. The third-order valence-electron chi connectivity index (χ3n) is 2.43.